The molecule has 30 heavy (non-hydrogen) atoms. The zero-order valence-corrected chi connectivity index (χ0v) is 19.1. The molecule has 0 spiro atoms. The van der Waals surface area contributed by atoms with Gasteiger partial charge >= 0.3 is 0 Å². The standard InChI is InChI=1S/C23H28Cl2N2O3/c1-4-13-26-23(29)16(3)27(14-19-20(24)7-6-8-21(19)25)22(28)15-30-18-11-9-17(5-2)10-12-18/h6-12,16H,4-5,13-15H2,1-3H3,(H,26,29). The van der Waals surface area contributed by atoms with Crippen LogP contribution in [0.3, 0.4) is 0 Å². The minimum Gasteiger partial charge on any atom is -0.484 e. The molecule has 0 saturated carbocycles. The first-order valence-electron chi connectivity index (χ1n) is 10.1. The Kier molecular flexibility index (Phi) is 9.47. The summed E-state index contributed by atoms with van der Waals surface area (Å²) in [6, 6.07) is 12.0. The highest BCUT2D eigenvalue weighted by molar-refractivity contribution is 6.36. The lowest BCUT2D eigenvalue weighted by Crippen LogP contribution is -2.49. The van der Waals surface area contributed by atoms with Crippen molar-refractivity contribution < 1.29 is 14.3 Å². The van der Waals surface area contributed by atoms with E-state index in [1.807, 2.05) is 31.2 Å². The molecule has 0 aliphatic rings. The fourth-order valence-corrected chi connectivity index (χ4v) is 3.40. The minimum absolute atomic E-state index is 0.107. The van der Waals surface area contributed by atoms with Crippen LogP contribution in [0.1, 0.15) is 38.3 Å². The van der Waals surface area contributed by atoms with E-state index >= 15 is 0 Å². The van der Waals surface area contributed by atoms with Crippen LogP contribution < -0.4 is 10.1 Å². The van der Waals surface area contributed by atoms with Crippen LogP contribution in [0.15, 0.2) is 42.5 Å². The fraction of sp³-hybridized carbons (Fsp3) is 0.391. The molecule has 2 amide bonds. The Hall–Kier alpha value is -2.24. The van der Waals surface area contributed by atoms with E-state index in [1.165, 1.54) is 10.5 Å². The lowest BCUT2D eigenvalue weighted by molar-refractivity contribution is -0.142. The zero-order chi connectivity index (χ0) is 22.1. The van der Waals surface area contributed by atoms with Crippen LogP contribution in [0.4, 0.5) is 0 Å². The Morgan fingerprint density at radius 3 is 2.27 bits per heavy atom. The maximum Gasteiger partial charge on any atom is 0.261 e. The van der Waals surface area contributed by atoms with E-state index in [2.05, 4.69) is 12.2 Å². The van der Waals surface area contributed by atoms with Crippen molar-refractivity contribution in [2.24, 2.45) is 0 Å². The average Bonchev–Trinajstić information content (AvgIpc) is 2.75. The van der Waals surface area contributed by atoms with Crippen LogP contribution >= 0.6 is 23.2 Å². The van der Waals surface area contributed by atoms with Gasteiger partial charge in [-0.25, -0.2) is 0 Å². The minimum atomic E-state index is -0.706. The SMILES string of the molecule is CCCNC(=O)C(C)N(Cc1c(Cl)cccc1Cl)C(=O)COc1ccc(CC)cc1. The molecule has 0 fully saturated rings. The summed E-state index contributed by atoms with van der Waals surface area (Å²) in [5.74, 6) is 0.0322. The maximum absolute atomic E-state index is 13.0. The molecule has 0 aliphatic heterocycles. The van der Waals surface area contributed by atoms with Crippen LogP contribution in [0.2, 0.25) is 10.0 Å². The first-order valence-corrected chi connectivity index (χ1v) is 10.8. The first kappa shape index (κ1) is 24.0. The van der Waals surface area contributed by atoms with Gasteiger partial charge in [0.25, 0.3) is 5.91 Å². The van der Waals surface area contributed by atoms with Gasteiger partial charge in [0.15, 0.2) is 6.61 Å². The van der Waals surface area contributed by atoms with E-state index in [0.717, 1.165) is 12.8 Å². The first-order chi connectivity index (χ1) is 14.4. The third-order valence-electron chi connectivity index (χ3n) is 4.80. The Morgan fingerprint density at radius 2 is 1.70 bits per heavy atom. The molecule has 162 valence electrons. The second kappa shape index (κ2) is 11.8. The number of hydrogen-bond donors (Lipinski definition) is 1. The smallest absolute Gasteiger partial charge is 0.261 e. The number of nitrogens with one attached hydrogen (secondary N) is 1. The van der Waals surface area contributed by atoms with Crippen molar-refractivity contribution in [2.45, 2.75) is 46.2 Å². The summed E-state index contributed by atoms with van der Waals surface area (Å²) >= 11 is 12.6. The molecular formula is C23H28Cl2N2O3. The third kappa shape index (κ3) is 6.64. The Balaban J connectivity index is 2.18. The molecule has 1 atom stereocenters. The topological polar surface area (TPSA) is 58.6 Å². The van der Waals surface area contributed by atoms with Crippen LogP contribution in [-0.4, -0.2) is 35.9 Å². The van der Waals surface area contributed by atoms with Gasteiger partial charge in [-0.05, 0) is 49.6 Å². The summed E-state index contributed by atoms with van der Waals surface area (Å²) in [5, 5.41) is 3.71. The van der Waals surface area contributed by atoms with Gasteiger partial charge in [-0.2, -0.15) is 0 Å². The third-order valence-corrected chi connectivity index (χ3v) is 5.51. The molecule has 1 N–H and O–H groups in total. The molecule has 2 aromatic carbocycles. The monoisotopic (exact) mass is 450 g/mol. The number of carbonyl (C=O) groups excluding carboxylic acids is 2. The predicted molar refractivity (Wildman–Crippen MR) is 121 cm³/mol. The summed E-state index contributed by atoms with van der Waals surface area (Å²) in [6.45, 7) is 6.17. The number of benzene rings is 2. The zero-order valence-electron chi connectivity index (χ0n) is 17.6. The van der Waals surface area contributed by atoms with Gasteiger partial charge in [0.05, 0.1) is 0 Å². The van der Waals surface area contributed by atoms with Gasteiger partial charge in [-0.3, -0.25) is 9.59 Å². The molecular weight excluding hydrogens is 423 g/mol. The molecule has 0 aliphatic carbocycles. The highest BCUT2D eigenvalue weighted by Crippen LogP contribution is 2.26. The van der Waals surface area contributed by atoms with Crippen LogP contribution in [0, 0.1) is 0 Å². The maximum atomic E-state index is 13.0. The number of halogens is 2. The average molecular weight is 451 g/mol. The van der Waals surface area contributed by atoms with E-state index in [0.29, 0.717) is 27.9 Å². The van der Waals surface area contributed by atoms with Crippen molar-refractivity contribution in [3.05, 3.63) is 63.6 Å². The van der Waals surface area contributed by atoms with Crippen molar-refractivity contribution in [3.8, 4) is 5.75 Å². The molecule has 0 radical (unpaired) electrons. The molecule has 0 heterocycles. The van der Waals surface area contributed by atoms with E-state index in [4.69, 9.17) is 27.9 Å². The molecule has 2 aromatic rings. The number of amides is 2. The normalized spacial score (nSPS) is 11.6. The number of hydrogen-bond acceptors (Lipinski definition) is 3. The van der Waals surface area contributed by atoms with Crippen molar-refractivity contribution in [3.63, 3.8) is 0 Å². The van der Waals surface area contributed by atoms with Gasteiger partial charge in [0.2, 0.25) is 5.91 Å². The summed E-state index contributed by atoms with van der Waals surface area (Å²) in [4.78, 5) is 27.0. The summed E-state index contributed by atoms with van der Waals surface area (Å²) in [5.41, 5.74) is 1.78. The lowest BCUT2D eigenvalue weighted by atomic mass is 10.1. The van der Waals surface area contributed by atoms with Crippen LogP contribution in [0.25, 0.3) is 0 Å². The van der Waals surface area contributed by atoms with Gasteiger partial charge in [-0.1, -0.05) is 55.2 Å². The van der Waals surface area contributed by atoms with E-state index in [-0.39, 0.29) is 25.0 Å². The Bertz CT molecular complexity index is 836. The van der Waals surface area contributed by atoms with Crippen molar-refractivity contribution in [1.82, 2.24) is 10.2 Å². The molecule has 0 bridgehead atoms. The predicted octanol–water partition coefficient (Wildman–Crippen LogP) is 4.88. The van der Waals surface area contributed by atoms with Crippen molar-refractivity contribution in [2.75, 3.05) is 13.2 Å². The second-order valence-corrected chi connectivity index (χ2v) is 7.79. The molecule has 1 unspecified atom stereocenters. The Morgan fingerprint density at radius 1 is 1.07 bits per heavy atom. The number of ether oxygens (including phenoxy) is 1. The van der Waals surface area contributed by atoms with Crippen LogP contribution in [-0.2, 0) is 22.6 Å². The van der Waals surface area contributed by atoms with Gasteiger partial charge < -0.3 is 15.0 Å². The largest absolute Gasteiger partial charge is 0.484 e. The highest BCUT2D eigenvalue weighted by atomic mass is 35.5. The molecule has 7 heteroatoms. The van der Waals surface area contributed by atoms with Crippen molar-refractivity contribution >= 4 is 35.0 Å². The molecule has 2 rings (SSSR count). The molecule has 0 aromatic heterocycles. The summed E-state index contributed by atoms with van der Waals surface area (Å²) in [7, 11) is 0. The summed E-state index contributed by atoms with van der Waals surface area (Å²) < 4.78 is 5.67. The highest BCUT2D eigenvalue weighted by Gasteiger charge is 2.27. The number of rotatable bonds is 10. The molecule has 5 nitrogen and oxygen atoms in total. The quantitative estimate of drug-likeness (QED) is 0.560. The van der Waals surface area contributed by atoms with E-state index < -0.39 is 6.04 Å². The van der Waals surface area contributed by atoms with Gasteiger partial charge in [0.1, 0.15) is 11.8 Å². The number of nitrogens with zero attached hydrogens (tertiary/aromatic N) is 1. The lowest BCUT2D eigenvalue weighted by Gasteiger charge is -2.29. The number of carbonyl (C=O) groups is 2. The van der Waals surface area contributed by atoms with E-state index in [1.54, 1.807) is 25.1 Å². The van der Waals surface area contributed by atoms with Crippen molar-refractivity contribution in [1.29, 1.82) is 0 Å². The number of aryl methyl sites for hydroxylation is 1. The van der Waals surface area contributed by atoms with Crippen LogP contribution in [0.5, 0.6) is 5.75 Å². The van der Waals surface area contributed by atoms with Gasteiger partial charge in [0, 0.05) is 28.7 Å². The van der Waals surface area contributed by atoms with E-state index in [9.17, 15) is 9.59 Å². The second-order valence-electron chi connectivity index (χ2n) is 6.98. The fourth-order valence-electron chi connectivity index (χ4n) is 2.88. The molecule has 0 saturated heterocycles. The Labute approximate surface area is 188 Å². The summed E-state index contributed by atoms with van der Waals surface area (Å²) in [6.07, 6.45) is 1.73. The van der Waals surface area contributed by atoms with Gasteiger partial charge in [-0.15, -0.1) is 0 Å².